The third-order valence-electron chi connectivity index (χ3n) is 16.6. The number of aliphatic hydroxyl groups is 1. The van der Waals surface area contributed by atoms with Crippen molar-refractivity contribution in [1.29, 1.82) is 5.26 Å². The van der Waals surface area contributed by atoms with Gasteiger partial charge in [-0.1, -0.05) is 97.4 Å². The molecule has 3 aromatic heterocycles. The van der Waals surface area contributed by atoms with Crippen molar-refractivity contribution in [2.75, 3.05) is 50.0 Å². The highest BCUT2D eigenvalue weighted by molar-refractivity contribution is 7.23. The second-order valence-corrected chi connectivity index (χ2v) is 24.0. The van der Waals surface area contributed by atoms with E-state index in [-0.39, 0.29) is 75.2 Å². The van der Waals surface area contributed by atoms with Crippen molar-refractivity contribution in [3.8, 4) is 51.3 Å². The molecule has 0 spiro atoms. The zero-order valence-corrected chi connectivity index (χ0v) is 47.9. The maximum Gasteiger partial charge on any atom is 0.319 e. The summed E-state index contributed by atoms with van der Waals surface area (Å²) in [5, 5.41) is 38.2. The summed E-state index contributed by atoms with van der Waals surface area (Å²) < 4.78 is 65.0. The average molecular weight is 1180 g/mol. The molecule has 4 aliphatic heterocycles. The quantitative estimate of drug-likeness (QED) is 0.0751. The van der Waals surface area contributed by atoms with E-state index in [2.05, 4.69) is 31.9 Å². The molecule has 4 saturated heterocycles. The van der Waals surface area contributed by atoms with Crippen LogP contribution in [0.5, 0.6) is 11.8 Å². The van der Waals surface area contributed by atoms with Crippen LogP contribution in [0.15, 0.2) is 91.1 Å². The van der Waals surface area contributed by atoms with Gasteiger partial charge in [0.05, 0.1) is 46.8 Å². The fraction of sp³-hybridized carbons (Fsp3) is 0.371. The minimum Gasteiger partial charge on any atom is -0.486 e. The summed E-state index contributed by atoms with van der Waals surface area (Å²) in [6.45, 7) is 8.98. The van der Waals surface area contributed by atoms with Gasteiger partial charge in [0.1, 0.15) is 58.7 Å². The first-order chi connectivity index (χ1) is 40.6. The van der Waals surface area contributed by atoms with E-state index in [0.717, 1.165) is 48.9 Å². The van der Waals surface area contributed by atoms with E-state index < -0.39 is 53.5 Å². The van der Waals surface area contributed by atoms with Gasteiger partial charge in [0.2, 0.25) is 11.8 Å². The summed E-state index contributed by atoms with van der Waals surface area (Å²) in [5.41, 5.74) is 10.9. The predicted octanol–water partition coefficient (Wildman–Crippen LogP) is 10.3. The van der Waals surface area contributed by atoms with Gasteiger partial charge in [0, 0.05) is 72.4 Å². The number of nitrogen functional groups attached to an aromatic ring is 1. The Labute approximate surface area is 491 Å². The fourth-order valence-electron chi connectivity index (χ4n) is 12.2. The lowest BCUT2D eigenvalue weighted by Gasteiger charge is -2.30. The molecular formula is C62H61ClF3N11O6S. The number of nitrogens with two attached hydrogens (primary N) is 1. The van der Waals surface area contributed by atoms with Crippen LogP contribution >= 0.6 is 22.9 Å². The molecule has 0 aliphatic carbocycles. The highest BCUT2D eigenvalue weighted by Gasteiger charge is 2.43. The number of benzene rings is 5. The van der Waals surface area contributed by atoms with Crippen LogP contribution in [0.3, 0.4) is 0 Å². The van der Waals surface area contributed by atoms with E-state index in [1.165, 1.54) is 27.8 Å². The minimum atomic E-state index is -0.981. The lowest BCUT2D eigenvalue weighted by Crippen LogP contribution is -2.49. The molecule has 22 heteroatoms. The lowest BCUT2D eigenvalue weighted by molar-refractivity contribution is -0.142. The molecule has 84 heavy (non-hydrogen) atoms. The third-order valence-corrected chi connectivity index (χ3v) is 17.9. The molecule has 0 radical (unpaired) electrons. The topological polar surface area (TPSA) is 219 Å². The molecule has 17 nitrogen and oxygen atoms in total. The fourth-order valence-corrected chi connectivity index (χ4v) is 13.4. The maximum absolute atomic E-state index is 15.7. The summed E-state index contributed by atoms with van der Waals surface area (Å²) in [5.74, 6) is -2.13. The monoisotopic (exact) mass is 1180 g/mol. The van der Waals surface area contributed by atoms with Gasteiger partial charge in [-0.2, -0.15) is 15.2 Å². The van der Waals surface area contributed by atoms with Crippen molar-refractivity contribution in [3.63, 3.8) is 0 Å². The van der Waals surface area contributed by atoms with Crippen LogP contribution in [-0.2, 0) is 20.9 Å². The number of thiophene rings is 1. The molecule has 5 N–H and O–H groups in total. The van der Waals surface area contributed by atoms with Crippen molar-refractivity contribution in [2.45, 2.75) is 95.9 Å². The maximum atomic E-state index is 15.7. The molecule has 2 bridgehead atoms. The van der Waals surface area contributed by atoms with Crippen molar-refractivity contribution >= 4 is 66.6 Å². The van der Waals surface area contributed by atoms with Crippen LogP contribution in [0.1, 0.15) is 81.6 Å². The Hall–Kier alpha value is -7.87. The number of hydrogen-bond donors (Lipinski definition) is 4. The first-order valence-corrected chi connectivity index (χ1v) is 29.4. The van der Waals surface area contributed by atoms with E-state index in [9.17, 15) is 28.7 Å². The molecule has 4 aliphatic rings. The van der Waals surface area contributed by atoms with Gasteiger partial charge in [0.25, 0.3) is 0 Å². The standard InChI is InChI=1S/C62H61ClF3N11O6S/c1-32(2)55(61(80)76-29-40(78)24-50(76)60(79)70-33(3)36-11-13-37(14-12-36)42-5-4-6-47(64)53(42)66)77-30-49(73-74-77)38-9-7-34(8-10-38)31-82-56-52(43-15-16-48(65)57-51(43)45(26-67)58(68)84-57)46(63)25-44-54(56)71-62(83-41-18-21-81-22-19-41)72-59(44)75-20-17-35-23-39(28-75)69-27-35/h4-16,25,30,32-33,35,39-41,50,55,69,78H,17-24,27-29,31,68H2,1-3H3,(H,70,79)/t33-,35?,39?,40+,50-,55-/m0/s1. The number of fused-ring (bicyclic) bond motifs is 4. The van der Waals surface area contributed by atoms with Gasteiger partial charge in [-0.25, -0.2) is 17.9 Å². The third kappa shape index (κ3) is 11.1. The number of halogens is 4. The van der Waals surface area contributed by atoms with Gasteiger partial charge >= 0.3 is 6.01 Å². The second-order valence-electron chi connectivity index (χ2n) is 22.5. The van der Waals surface area contributed by atoms with Crippen molar-refractivity contribution in [3.05, 3.63) is 130 Å². The molecule has 434 valence electrons. The molecule has 12 rings (SSSR count). The van der Waals surface area contributed by atoms with Crippen LogP contribution in [0.4, 0.5) is 24.0 Å². The summed E-state index contributed by atoms with van der Waals surface area (Å²) in [6, 6.07) is 23.2. The Morgan fingerprint density at radius 2 is 1.74 bits per heavy atom. The van der Waals surface area contributed by atoms with Gasteiger partial charge < -0.3 is 45.5 Å². The van der Waals surface area contributed by atoms with E-state index in [1.54, 1.807) is 43.5 Å². The van der Waals surface area contributed by atoms with Gasteiger partial charge in [0.15, 0.2) is 17.4 Å². The van der Waals surface area contributed by atoms with Gasteiger partial charge in [-0.05, 0) is 78.6 Å². The van der Waals surface area contributed by atoms with E-state index >= 15 is 4.39 Å². The first-order valence-electron chi connectivity index (χ1n) is 28.3. The number of amides is 2. The number of nitrogens with one attached hydrogen (secondary N) is 2. The molecule has 6 atom stereocenters. The zero-order chi connectivity index (χ0) is 58.5. The highest BCUT2D eigenvalue weighted by atomic mass is 35.5. The van der Waals surface area contributed by atoms with Gasteiger partial charge in [-0.3, -0.25) is 9.59 Å². The molecular weight excluding hydrogens is 1120 g/mol. The number of likely N-dealkylation sites (tertiary alicyclic amines) is 1. The zero-order valence-electron chi connectivity index (χ0n) is 46.3. The molecule has 2 unspecified atom stereocenters. The number of aromatic nitrogens is 5. The van der Waals surface area contributed by atoms with Crippen molar-refractivity contribution in [1.82, 2.24) is 40.5 Å². The van der Waals surface area contributed by atoms with Crippen LogP contribution in [-0.4, -0.2) is 110 Å². The number of carbonyl (C=O) groups excluding carboxylic acids is 2. The number of anilines is 2. The number of carbonyl (C=O) groups is 2. The number of ether oxygens (including phenoxy) is 3. The number of nitriles is 1. The molecule has 0 saturated carbocycles. The van der Waals surface area contributed by atoms with Crippen molar-refractivity contribution in [2.24, 2.45) is 11.8 Å². The summed E-state index contributed by atoms with van der Waals surface area (Å²) >= 11 is 8.44. The van der Waals surface area contributed by atoms with E-state index in [4.69, 9.17) is 41.5 Å². The molecule has 2 amide bonds. The SMILES string of the molecule is CC(C)[C@@H](C(=O)N1C[C@H](O)C[C@H]1C(=O)N[C@@H](C)c1ccc(-c2cccc(F)c2F)cc1)n1cc(-c2ccc(COc3c(-c4ccc(F)c5sc(N)c(C#N)c45)c(Cl)cc4c(N5CCC6CNC(C6)C5)nc(OC5CCOCC5)nc34)cc2)nn1. The minimum absolute atomic E-state index is 0.00666. The first kappa shape index (κ1) is 56.6. The Bertz CT molecular complexity index is 3850. The van der Waals surface area contributed by atoms with Crippen LogP contribution < -0.4 is 30.7 Å². The number of β-amino-alcohol motifs (C(OH)–C–C–N with tert-alkyl or cyclic N) is 1. The predicted molar refractivity (Wildman–Crippen MR) is 314 cm³/mol. The Morgan fingerprint density at radius 1 is 0.964 bits per heavy atom. The van der Waals surface area contributed by atoms with Crippen LogP contribution in [0.2, 0.25) is 5.02 Å². The molecule has 5 aromatic carbocycles. The highest BCUT2D eigenvalue weighted by Crippen LogP contribution is 2.50. The Morgan fingerprint density at radius 3 is 2.50 bits per heavy atom. The second kappa shape index (κ2) is 23.6. The average Bonchev–Trinajstić information content (AvgIpc) is 1.49. The number of nitrogens with zero attached hydrogens (tertiary/aromatic N) is 8. The number of aliphatic hydroxyl groups excluding tert-OH is 1. The summed E-state index contributed by atoms with van der Waals surface area (Å²) in [7, 11) is 0. The Balaban J connectivity index is 0.818. The van der Waals surface area contributed by atoms with Crippen LogP contribution in [0.25, 0.3) is 54.5 Å². The van der Waals surface area contributed by atoms with Gasteiger partial charge in [-0.15, -0.1) is 16.4 Å². The largest absolute Gasteiger partial charge is 0.486 e. The normalized spacial score (nSPS) is 19.9. The molecule has 7 heterocycles. The summed E-state index contributed by atoms with van der Waals surface area (Å²) in [6.07, 6.45) is 3.92. The molecule has 8 aromatic rings. The number of hydrogen-bond acceptors (Lipinski definition) is 15. The number of rotatable bonds is 15. The van der Waals surface area contributed by atoms with E-state index in [0.29, 0.717) is 94.1 Å². The lowest BCUT2D eigenvalue weighted by atomic mass is 9.96. The van der Waals surface area contributed by atoms with Crippen molar-refractivity contribution < 1.29 is 42.1 Å². The van der Waals surface area contributed by atoms with Crippen LogP contribution in [0, 0.1) is 40.6 Å². The summed E-state index contributed by atoms with van der Waals surface area (Å²) in [4.78, 5) is 42.4. The van der Waals surface area contributed by atoms with E-state index in [1.807, 2.05) is 44.2 Å². The Kier molecular flexibility index (Phi) is 15.9. The molecule has 4 fully saturated rings. The smallest absolute Gasteiger partial charge is 0.319 e.